The number of esters is 1. The smallest absolute Gasteiger partial charge is 0.309 e. The van der Waals surface area contributed by atoms with Crippen LogP contribution in [0.5, 0.6) is 0 Å². The number of rotatable bonds is 7. The summed E-state index contributed by atoms with van der Waals surface area (Å²) in [7, 11) is 0. The number of nitrogens with one attached hydrogen (secondary N) is 1. The molecule has 0 heterocycles. The third-order valence-corrected chi connectivity index (χ3v) is 4.52. The zero-order valence-electron chi connectivity index (χ0n) is 13.7. The van der Waals surface area contributed by atoms with Gasteiger partial charge in [-0.1, -0.05) is 33.6 Å². The summed E-state index contributed by atoms with van der Waals surface area (Å²) < 4.78 is 5.14. The van der Waals surface area contributed by atoms with Crippen LogP contribution in [0.25, 0.3) is 0 Å². The SMILES string of the molecule is CCC(C)(C)C(=O)NCCOC(=O)[C@@H]1CCCC[C@H]1C(=O)O. The number of carboxylic acid groups (broad SMARTS) is 1. The minimum Gasteiger partial charge on any atom is -0.481 e. The molecule has 1 fully saturated rings. The van der Waals surface area contributed by atoms with Crippen molar-refractivity contribution in [1.29, 1.82) is 0 Å². The molecule has 0 saturated heterocycles. The second-order valence-electron chi connectivity index (χ2n) is 6.50. The van der Waals surface area contributed by atoms with E-state index in [1.165, 1.54) is 0 Å². The summed E-state index contributed by atoms with van der Waals surface area (Å²) in [5, 5.41) is 11.9. The number of carbonyl (C=O) groups excluding carboxylic acids is 2. The number of amides is 1. The summed E-state index contributed by atoms with van der Waals surface area (Å²) in [6.07, 6.45) is 3.50. The lowest BCUT2D eigenvalue weighted by Crippen LogP contribution is -2.39. The van der Waals surface area contributed by atoms with Crippen molar-refractivity contribution in [3.05, 3.63) is 0 Å². The van der Waals surface area contributed by atoms with Gasteiger partial charge in [-0.15, -0.1) is 0 Å². The number of carboxylic acids is 1. The molecule has 0 unspecified atom stereocenters. The summed E-state index contributed by atoms with van der Waals surface area (Å²) in [5.74, 6) is -2.67. The van der Waals surface area contributed by atoms with E-state index in [0.29, 0.717) is 12.8 Å². The van der Waals surface area contributed by atoms with Crippen molar-refractivity contribution in [2.75, 3.05) is 13.2 Å². The molecule has 1 aliphatic carbocycles. The predicted molar refractivity (Wildman–Crippen MR) is 81.1 cm³/mol. The van der Waals surface area contributed by atoms with E-state index in [4.69, 9.17) is 9.84 Å². The van der Waals surface area contributed by atoms with Crippen LogP contribution in [0.3, 0.4) is 0 Å². The maximum absolute atomic E-state index is 12.0. The molecule has 0 radical (unpaired) electrons. The van der Waals surface area contributed by atoms with Crippen LogP contribution in [0.15, 0.2) is 0 Å². The maximum Gasteiger partial charge on any atom is 0.309 e. The fraction of sp³-hybridized carbons (Fsp3) is 0.812. The minimum absolute atomic E-state index is 0.0766. The second-order valence-corrected chi connectivity index (χ2v) is 6.50. The largest absolute Gasteiger partial charge is 0.481 e. The molecule has 22 heavy (non-hydrogen) atoms. The normalized spacial score (nSPS) is 22.0. The molecule has 2 N–H and O–H groups in total. The summed E-state index contributed by atoms with van der Waals surface area (Å²) >= 11 is 0. The Morgan fingerprint density at radius 2 is 1.77 bits per heavy atom. The molecule has 0 spiro atoms. The molecule has 0 aromatic heterocycles. The standard InChI is InChI=1S/C16H27NO5/c1-4-16(2,3)15(21)17-9-10-22-14(20)12-8-6-5-7-11(12)13(18)19/h11-12H,4-10H2,1-3H3,(H,17,21)(H,18,19)/t11-,12-/m1/s1. The lowest BCUT2D eigenvalue weighted by molar-refractivity contribution is -0.159. The number of hydrogen-bond donors (Lipinski definition) is 2. The first-order valence-corrected chi connectivity index (χ1v) is 7.97. The average Bonchev–Trinajstić information content (AvgIpc) is 2.50. The van der Waals surface area contributed by atoms with E-state index in [2.05, 4.69) is 5.32 Å². The van der Waals surface area contributed by atoms with Gasteiger partial charge in [-0.2, -0.15) is 0 Å². The second kappa shape index (κ2) is 8.15. The maximum atomic E-state index is 12.0. The van der Waals surface area contributed by atoms with E-state index < -0.39 is 29.2 Å². The summed E-state index contributed by atoms with van der Waals surface area (Å²) in [6, 6.07) is 0. The molecular formula is C16H27NO5. The van der Waals surface area contributed by atoms with Gasteiger partial charge in [0.25, 0.3) is 0 Å². The first-order chi connectivity index (χ1) is 10.3. The Kier molecular flexibility index (Phi) is 6.84. The van der Waals surface area contributed by atoms with Gasteiger partial charge in [0, 0.05) is 5.41 Å². The lowest BCUT2D eigenvalue weighted by atomic mass is 9.79. The third kappa shape index (κ3) is 5.00. The first kappa shape index (κ1) is 18.5. The number of carbonyl (C=O) groups is 3. The molecule has 6 heteroatoms. The van der Waals surface area contributed by atoms with Crippen molar-refractivity contribution in [3.63, 3.8) is 0 Å². The van der Waals surface area contributed by atoms with Crippen LogP contribution >= 0.6 is 0 Å². The zero-order chi connectivity index (χ0) is 16.8. The van der Waals surface area contributed by atoms with Crippen molar-refractivity contribution >= 4 is 17.8 Å². The number of aliphatic carboxylic acids is 1. The van der Waals surface area contributed by atoms with Gasteiger partial charge in [0.2, 0.25) is 5.91 Å². The highest BCUT2D eigenvalue weighted by Gasteiger charge is 2.36. The van der Waals surface area contributed by atoms with Crippen LogP contribution in [0.2, 0.25) is 0 Å². The van der Waals surface area contributed by atoms with Crippen molar-refractivity contribution in [2.45, 2.75) is 52.9 Å². The van der Waals surface area contributed by atoms with Crippen molar-refractivity contribution in [1.82, 2.24) is 5.32 Å². The predicted octanol–water partition coefficient (Wildman–Crippen LogP) is 1.97. The highest BCUT2D eigenvalue weighted by molar-refractivity contribution is 5.82. The van der Waals surface area contributed by atoms with E-state index >= 15 is 0 Å². The molecule has 2 atom stereocenters. The molecule has 1 saturated carbocycles. The van der Waals surface area contributed by atoms with Gasteiger partial charge >= 0.3 is 11.9 Å². The van der Waals surface area contributed by atoms with Gasteiger partial charge in [0.05, 0.1) is 18.4 Å². The summed E-state index contributed by atoms with van der Waals surface area (Å²) in [4.78, 5) is 35.0. The Labute approximate surface area is 131 Å². The van der Waals surface area contributed by atoms with Crippen LogP contribution in [-0.2, 0) is 19.1 Å². The molecule has 126 valence electrons. The minimum atomic E-state index is -0.931. The summed E-state index contributed by atoms with van der Waals surface area (Å²) in [5.41, 5.74) is -0.443. The van der Waals surface area contributed by atoms with Gasteiger partial charge in [-0.25, -0.2) is 0 Å². The van der Waals surface area contributed by atoms with Gasteiger partial charge in [-0.3, -0.25) is 14.4 Å². The Morgan fingerprint density at radius 3 is 2.32 bits per heavy atom. The van der Waals surface area contributed by atoms with E-state index in [1.807, 2.05) is 20.8 Å². The van der Waals surface area contributed by atoms with Crippen molar-refractivity contribution < 1.29 is 24.2 Å². The molecule has 6 nitrogen and oxygen atoms in total. The molecule has 0 aromatic rings. The summed E-state index contributed by atoms with van der Waals surface area (Å²) in [6.45, 7) is 5.97. The van der Waals surface area contributed by atoms with Gasteiger partial charge < -0.3 is 15.2 Å². The van der Waals surface area contributed by atoms with E-state index in [1.54, 1.807) is 0 Å². The van der Waals surface area contributed by atoms with E-state index in [9.17, 15) is 14.4 Å². The molecule has 1 amide bonds. The number of ether oxygens (including phenoxy) is 1. The lowest BCUT2D eigenvalue weighted by Gasteiger charge is -2.26. The highest BCUT2D eigenvalue weighted by Crippen LogP contribution is 2.31. The fourth-order valence-corrected chi connectivity index (χ4v) is 2.53. The average molecular weight is 313 g/mol. The Hall–Kier alpha value is -1.59. The van der Waals surface area contributed by atoms with Gasteiger partial charge in [0.1, 0.15) is 6.61 Å². The monoisotopic (exact) mass is 313 g/mol. The van der Waals surface area contributed by atoms with Crippen LogP contribution in [0, 0.1) is 17.3 Å². The molecule has 1 rings (SSSR count). The zero-order valence-corrected chi connectivity index (χ0v) is 13.7. The van der Waals surface area contributed by atoms with Crippen molar-refractivity contribution in [2.24, 2.45) is 17.3 Å². The first-order valence-electron chi connectivity index (χ1n) is 7.97. The molecule has 1 aliphatic rings. The van der Waals surface area contributed by atoms with Crippen molar-refractivity contribution in [3.8, 4) is 0 Å². The quantitative estimate of drug-likeness (QED) is 0.554. The van der Waals surface area contributed by atoms with Crippen LogP contribution in [0.4, 0.5) is 0 Å². The molecule has 0 bridgehead atoms. The molecule has 0 aliphatic heterocycles. The Morgan fingerprint density at radius 1 is 1.18 bits per heavy atom. The van der Waals surface area contributed by atoms with E-state index in [-0.39, 0.29) is 19.1 Å². The molecular weight excluding hydrogens is 286 g/mol. The number of hydrogen-bond acceptors (Lipinski definition) is 4. The highest BCUT2D eigenvalue weighted by atomic mass is 16.5. The Balaban J connectivity index is 2.36. The van der Waals surface area contributed by atoms with Crippen LogP contribution in [0.1, 0.15) is 52.9 Å². The van der Waals surface area contributed by atoms with E-state index in [0.717, 1.165) is 19.3 Å². The molecule has 0 aromatic carbocycles. The topological polar surface area (TPSA) is 92.7 Å². The third-order valence-electron chi connectivity index (χ3n) is 4.52. The van der Waals surface area contributed by atoms with Crippen LogP contribution in [-0.4, -0.2) is 36.1 Å². The fourth-order valence-electron chi connectivity index (χ4n) is 2.53. The van der Waals surface area contributed by atoms with Gasteiger partial charge in [-0.05, 0) is 19.3 Å². The van der Waals surface area contributed by atoms with Gasteiger partial charge in [0.15, 0.2) is 0 Å². The Bertz CT molecular complexity index is 419. The van der Waals surface area contributed by atoms with Crippen LogP contribution < -0.4 is 5.32 Å².